The quantitative estimate of drug-likeness (QED) is 0.529. The average molecular weight is 502 g/mol. The van der Waals surface area contributed by atoms with Crippen LogP contribution in [-0.2, 0) is 26.2 Å². The number of nitrogens with zero attached hydrogens (tertiary/aromatic N) is 2. The maximum absolute atomic E-state index is 13.4. The summed E-state index contributed by atoms with van der Waals surface area (Å²) in [6.07, 6.45) is 1.62. The van der Waals surface area contributed by atoms with Gasteiger partial charge in [-0.2, -0.15) is 0 Å². The Kier molecular flexibility index (Phi) is 9.49. The van der Waals surface area contributed by atoms with E-state index in [1.54, 1.807) is 24.0 Å². The molecule has 0 radical (unpaired) electrons. The number of aryl methyl sites for hydroxylation is 2. The fourth-order valence-electron chi connectivity index (χ4n) is 3.85. The van der Waals surface area contributed by atoms with Crippen LogP contribution in [0.15, 0.2) is 48.5 Å². The molecule has 0 aliphatic carbocycles. The Morgan fingerprint density at radius 3 is 2.09 bits per heavy atom. The Hall–Kier alpha value is -2.87. The lowest BCUT2D eigenvalue weighted by molar-refractivity contribution is -0.141. The molecule has 1 atom stereocenters. The van der Waals surface area contributed by atoms with Crippen molar-refractivity contribution >= 4 is 27.5 Å². The van der Waals surface area contributed by atoms with Crippen LogP contribution in [0.3, 0.4) is 0 Å². The highest BCUT2D eigenvalue weighted by molar-refractivity contribution is 7.92. The maximum atomic E-state index is 13.4. The molecule has 192 valence electrons. The summed E-state index contributed by atoms with van der Waals surface area (Å²) in [5.41, 5.74) is 3.03. The summed E-state index contributed by atoms with van der Waals surface area (Å²) < 4.78 is 26.3. The summed E-state index contributed by atoms with van der Waals surface area (Å²) in [4.78, 5) is 27.9. The molecule has 2 aromatic rings. The molecule has 2 amide bonds. The number of amides is 2. The van der Waals surface area contributed by atoms with E-state index in [4.69, 9.17) is 0 Å². The van der Waals surface area contributed by atoms with Crippen LogP contribution in [0.5, 0.6) is 0 Å². The molecule has 0 aliphatic heterocycles. The standard InChI is InChI=1S/C27H39N3O4S/c1-20-13-8-10-15-23(20)19-29(22(3)26(32)28-27(4,5)6)25(31)17-12-18-30(35(7,33)34)24-16-11-9-14-21(24)2/h8-11,13-16,22H,12,17-19H2,1-7H3,(H,28,32). The smallest absolute Gasteiger partial charge is 0.242 e. The van der Waals surface area contributed by atoms with E-state index in [9.17, 15) is 18.0 Å². The highest BCUT2D eigenvalue weighted by atomic mass is 32.2. The number of sulfonamides is 1. The van der Waals surface area contributed by atoms with Crippen molar-refractivity contribution in [1.29, 1.82) is 0 Å². The summed E-state index contributed by atoms with van der Waals surface area (Å²) in [5, 5.41) is 2.96. The second-order valence-electron chi connectivity index (χ2n) is 10.1. The summed E-state index contributed by atoms with van der Waals surface area (Å²) in [5.74, 6) is -0.417. The third-order valence-electron chi connectivity index (χ3n) is 5.80. The zero-order valence-corrected chi connectivity index (χ0v) is 22.8. The number of carbonyl (C=O) groups excluding carboxylic acids is 2. The van der Waals surface area contributed by atoms with Gasteiger partial charge in [-0.3, -0.25) is 13.9 Å². The number of anilines is 1. The van der Waals surface area contributed by atoms with Crippen LogP contribution in [0.25, 0.3) is 0 Å². The molecule has 0 bridgehead atoms. The minimum Gasteiger partial charge on any atom is -0.350 e. The third-order valence-corrected chi connectivity index (χ3v) is 6.98. The fourth-order valence-corrected chi connectivity index (χ4v) is 4.88. The number of benzene rings is 2. The Labute approximate surface area is 210 Å². The first kappa shape index (κ1) is 28.4. The number of para-hydroxylation sites is 1. The molecule has 0 saturated carbocycles. The molecule has 35 heavy (non-hydrogen) atoms. The molecule has 1 unspecified atom stereocenters. The first-order chi connectivity index (χ1) is 16.2. The highest BCUT2D eigenvalue weighted by Crippen LogP contribution is 2.23. The highest BCUT2D eigenvalue weighted by Gasteiger charge is 2.29. The van der Waals surface area contributed by atoms with E-state index >= 15 is 0 Å². The minimum atomic E-state index is -3.52. The second-order valence-corrected chi connectivity index (χ2v) is 12.0. The van der Waals surface area contributed by atoms with E-state index in [1.165, 1.54) is 10.6 Å². The van der Waals surface area contributed by atoms with Crippen molar-refractivity contribution in [1.82, 2.24) is 10.2 Å². The lowest BCUT2D eigenvalue weighted by atomic mass is 10.1. The second kappa shape index (κ2) is 11.7. The summed E-state index contributed by atoms with van der Waals surface area (Å²) in [7, 11) is -3.52. The van der Waals surface area contributed by atoms with Crippen molar-refractivity contribution in [3.63, 3.8) is 0 Å². The van der Waals surface area contributed by atoms with Gasteiger partial charge in [-0.05, 0) is 70.7 Å². The monoisotopic (exact) mass is 501 g/mol. The normalized spacial score (nSPS) is 12.7. The third kappa shape index (κ3) is 8.38. The Bertz CT molecular complexity index is 1140. The van der Waals surface area contributed by atoms with Crippen molar-refractivity contribution in [2.75, 3.05) is 17.1 Å². The van der Waals surface area contributed by atoms with Gasteiger partial charge in [0.25, 0.3) is 0 Å². The molecule has 8 heteroatoms. The first-order valence-corrected chi connectivity index (χ1v) is 13.7. The zero-order chi connectivity index (χ0) is 26.4. The van der Waals surface area contributed by atoms with E-state index in [2.05, 4.69) is 5.32 Å². The van der Waals surface area contributed by atoms with Crippen molar-refractivity contribution in [3.05, 3.63) is 65.2 Å². The predicted octanol–water partition coefficient (Wildman–Crippen LogP) is 4.18. The molecule has 1 N–H and O–H groups in total. The molecular weight excluding hydrogens is 462 g/mol. The molecule has 0 saturated heterocycles. The molecule has 0 fully saturated rings. The van der Waals surface area contributed by atoms with Crippen LogP contribution < -0.4 is 9.62 Å². The summed E-state index contributed by atoms with van der Waals surface area (Å²) in [6, 6.07) is 14.4. The van der Waals surface area contributed by atoms with E-state index in [0.29, 0.717) is 18.7 Å². The van der Waals surface area contributed by atoms with Crippen molar-refractivity contribution in [2.45, 2.75) is 72.5 Å². The topological polar surface area (TPSA) is 86.8 Å². The van der Waals surface area contributed by atoms with Gasteiger partial charge in [0.1, 0.15) is 6.04 Å². The van der Waals surface area contributed by atoms with Gasteiger partial charge in [0, 0.05) is 25.0 Å². The largest absolute Gasteiger partial charge is 0.350 e. The van der Waals surface area contributed by atoms with E-state index in [1.807, 2.05) is 71.0 Å². The maximum Gasteiger partial charge on any atom is 0.242 e. The molecule has 2 rings (SSSR count). The van der Waals surface area contributed by atoms with Crippen LogP contribution in [0, 0.1) is 13.8 Å². The molecular formula is C27H39N3O4S. The SMILES string of the molecule is Cc1ccccc1CN(C(=O)CCCN(c1ccccc1C)S(C)(=O)=O)C(C)C(=O)NC(C)(C)C. The molecule has 0 aromatic heterocycles. The Morgan fingerprint density at radius 2 is 1.54 bits per heavy atom. The predicted molar refractivity (Wildman–Crippen MR) is 142 cm³/mol. The molecule has 7 nitrogen and oxygen atoms in total. The Balaban J connectivity index is 2.21. The van der Waals surface area contributed by atoms with Gasteiger partial charge < -0.3 is 10.2 Å². The zero-order valence-electron chi connectivity index (χ0n) is 22.0. The van der Waals surface area contributed by atoms with Crippen molar-refractivity contribution in [2.24, 2.45) is 0 Å². The number of hydrogen-bond acceptors (Lipinski definition) is 4. The van der Waals surface area contributed by atoms with Crippen molar-refractivity contribution < 1.29 is 18.0 Å². The van der Waals surface area contributed by atoms with Gasteiger partial charge in [0.2, 0.25) is 21.8 Å². The molecule has 0 heterocycles. The molecule has 2 aromatic carbocycles. The summed E-state index contributed by atoms with van der Waals surface area (Å²) >= 11 is 0. The van der Waals surface area contributed by atoms with Crippen LogP contribution in [0.4, 0.5) is 5.69 Å². The minimum absolute atomic E-state index is 0.122. The van der Waals surface area contributed by atoms with Gasteiger partial charge in [-0.25, -0.2) is 8.42 Å². The van der Waals surface area contributed by atoms with Crippen LogP contribution in [-0.4, -0.2) is 49.5 Å². The van der Waals surface area contributed by atoms with Crippen LogP contribution >= 0.6 is 0 Å². The average Bonchev–Trinajstić information content (AvgIpc) is 2.74. The summed E-state index contributed by atoms with van der Waals surface area (Å²) in [6.45, 7) is 11.7. The van der Waals surface area contributed by atoms with Crippen LogP contribution in [0.2, 0.25) is 0 Å². The van der Waals surface area contributed by atoms with Gasteiger partial charge >= 0.3 is 0 Å². The molecule has 0 aliphatic rings. The fraction of sp³-hybridized carbons (Fsp3) is 0.481. The van der Waals surface area contributed by atoms with Crippen molar-refractivity contribution in [3.8, 4) is 0 Å². The van der Waals surface area contributed by atoms with E-state index in [-0.39, 0.29) is 24.8 Å². The lowest BCUT2D eigenvalue weighted by Crippen LogP contribution is -2.52. The number of nitrogens with one attached hydrogen (secondary N) is 1. The number of rotatable bonds is 10. The van der Waals surface area contributed by atoms with Gasteiger partial charge in [-0.1, -0.05) is 42.5 Å². The Morgan fingerprint density at radius 1 is 0.971 bits per heavy atom. The molecule has 0 spiro atoms. The van der Waals surface area contributed by atoms with Crippen LogP contribution in [0.1, 0.15) is 57.2 Å². The van der Waals surface area contributed by atoms with E-state index < -0.39 is 21.6 Å². The number of hydrogen-bond donors (Lipinski definition) is 1. The lowest BCUT2D eigenvalue weighted by Gasteiger charge is -2.32. The number of carbonyl (C=O) groups is 2. The first-order valence-electron chi connectivity index (χ1n) is 11.9. The van der Waals surface area contributed by atoms with Gasteiger partial charge in [-0.15, -0.1) is 0 Å². The van der Waals surface area contributed by atoms with E-state index in [0.717, 1.165) is 16.7 Å². The van der Waals surface area contributed by atoms with Gasteiger partial charge in [0.15, 0.2) is 0 Å². The van der Waals surface area contributed by atoms with Gasteiger partial charge in [0.05, 0.1) is 11.9 Å².